The lowest BCUT2D eigenvalue weighted by Crippen LogP contribution is -2.75. The van der Waals surface area contributed by atoms with Crippen LogP contribution in [0.1, 0.15) is 49.9 Å². The minimum absolute atomic E-state index is 0.0451. The number of benzene rings is 1. The number of carbonyl (C=O) groups excluding carboxylic acids is 4. The molecular formula is C22H24N2O5. The van der Waals surface area contributed by atoms with Crippen LogP contribution >= 0.6 is 0 Å². The van der Waals surface area contributed by atoms with Gasteiger partial charge < -0.3 is 15.0 Å². The zero-order chi connectivity index (χ0) is 20.8. The summed E-state index contributed by atoms with van der Waals surface area (Å²) in [7, 11) is 0. The molecule has 29 heavy (non-hydrogen) atoms. The largest absolute Gasteiger partial charge is 0.452 e. The van der Waals surface area contributed by atoms with Crippen molar-refractivity contribution in [1.82, 2.24) is 10.2 Å². The number of rotatable bonds is 4. The fourth-order valence-corrected chi connectivity index (χ4v) is 4.70. The Morgan fingerprint density at radius 3 is 2.55 bits per heavy atom. The van der Waals surface area contributed by atoms with Crippen molar-refractivity contribution < 1.29 is 23.9 Å². The van der Waals surface area contributed by atoms with E-state index in [1.165, 1.54) is 13.0 Å². The van der Waals surface area contributed by atoms with Gasteiger partial charge in [0.1, 0.15) is 5.60 Å². The maximum absolute atomic E-state index is 13.1. The molecule has 4 aliphatic rings. The monoisotopic (exact) mass is 396 g/mol. The number of piperidine rings is 1. The molecule has 5 rings (SSSR count). The van der Waals surface area contributed by atoms with Gasteiger partial charge in [0.25, 0.3) is 5.91 Å². The zero-order valence-corrected chi connectivity index (χ0v) is 16.6. The van der Waals surface area contributed by atoms with Gasteiger partial charge in [-0.3, -0.25) is 14.4 Å². The van der Waals surface area contributed by atoms with Crippen LogP contribution in [-0.4, -0.2) is 52.2 Å². The summed E-state index contributed by atoms with van der Waals surface area (Å²) >= 11 is 0. The molecule has 2 bridgehead atoms. The number of ether oxygens (including phenoxy) is 1. The van der Waals surface area contributed by atoms with Gasteiger partial charge in [-0.1, -0.05) is 18.2 Å². The quantitative estimate of drug-likeness (QED) is 0.783. The summed E-state index contributed by atoms with van der Waals surface area (Å²) in [5.74, 6) is -1.36. The number of nitrogens with one attached hydrogen (secondary N) is 1. The number of fused-ring (bicyclic) bond motifs is 2. The molecule has 2 saturated heterocycles. The molecule has 3 aliphatic heterocycles. The van der Waals surface area contributed by atoms with Crippen LogP contribution in [-0.2, 0) is 19.1 Å². The SMILES string of the molecule is CC(=O)C1=C[C@]2(NC(=O)c3ccccc3)C(=O)O[C@@]1(C)C[C@H]2N1CCCCC1=O. The molecule has 0 saturated carbocycles. The Morgan fingerprint density at radius 1 is 1.17 bits per heavy atom. The summed E-state index contributed by atoms with van der Waals surface area (Å²) in [6.07, 6.45) is 3.85. The molecule has 0 unspecified atom stereocenters. The lowest BCUT2D eigenvalue weighted by molar-refractivity contribution is -0.182. The molecule has 1 aromatic carbocycles. The molecule has 0 aromatic heterocycles. The summed E-state index contributed by atoms with van der Waals surface area (Å²) in [6.45, 7) is 3.63. The highest BCUT2D eigenvalue weighted by Crippen LogP contribution is 2.46. The molecule has 2 fully saturated rings. The molecule has 1 N–H and O–H groups in total. The Bertz CT molecular complexity index is 924. The van der Waals surface area contributed by atoms with E-state index in [1.807, 2.05) is 0 Å². The number of amides is 2. The molecule has 152 valence electrons. The van der Waals surface area contributed by atoms with Crippen molar-refractivity contribution in [2.75, 3.05) is 6.54 Å². The summed E-state index contributed by atoms with van der Waals surface area (Å²) in [5.41, 5.74) is -1.95. The molecule has 0 spiro atoms. The van der Waals surface area contributed by atoms with Crippen LogP contribution in [0, 0.1) is 0 Å². The molecular weight excluding hydrogens is 372 g/mol. The van der Waals surface area contributed by atoms with E-state index < -0.39 is 29.1 Å². The standard InChI is InChI=1S/C22H24N2O5/c1-14(25)16-12-22(23-19(27)15-8-4-3-5-9-15)17(13-21(16,2)29-20(22)28)24-11-7-6-10-18(24)26/h3-5,8-9,12,17H,6-7,10-11,13H2,1-2H3,(H,23,27)/t17-,21+,22-/m1/s1. The third-order valence-electron chi connectivity index (χ3n) is 6.18. The molecule has 2 amide bonds. The zero-order valence-electron chi connectivity index (χ0n) is 16.6. The van der Waals surface area contributed by atoms with Crippen LogP contribution in [0.4, 0.5) is 0 Å². The highest BCUT2D eigenvalue weighted by atomic mass is 16.6. The Kier molecular flexibility index (Phi) is 4.56. The van der Waals surface area contributed by atoms with Crippen molar-refractivity contribution in [2.45, 2.75) is 56.7 Å². The van der Waals surface area contributed by atoms with Gasteiger partial charge in [0, 0.05) is 30.5 Å². The number of esters is 1. The van der Waals surface area contributed by atoms with E-state index in [-0.39, 0.29) is 18.1 Å². The predicted molar refractivity (Wildman–Crippen MR) is 104 cm³/mol. The number of carbonyl (C=O) groups is 4. The van der Waals surface area contributed by atoms with Gasteiger partial charge in [-0.2, -0.15) is 0 Å². The summed E-state index contributed by atoms with van der Waals surface area (Å²) < 4.78 is 5.66. The lowest BCUT2D eigenvalue weighted by atomic mass is 9.67. The topological polar surface area (TPSA) is 92.8 Å². The van der Waals surface area contributed by atoms with Crippen LogP contribution in [0.3, 0.4) is 0 Å². The number of hydrogen-bond donors (Lipinski definition) is 1. The van der Waals surface area contributed by atoms with E-state index in [9.17, 15) is 19.2 Å². The van der Waals surface area contributed by atoms with Crippen molar-refractivity contribution in [2.24, 2.45) is 0 Å². The van der Waals surface area contributed by atoms with E-state index in [0.29, 0.717) is 24.1 Å². The van der Waals surface area contributed by atoms with Gasteiger partial charge >= 0.3 is 5.97 Å². The van der Waals surface area contributed by atoms with Crippen molar-refractivity contribution in [3.8, 4) is 0 Å². The molecule has 7 heteroatoms. The van der Waals surface area contributed by atoms with E-state index in [4.69, 9.17) is 4.74 Å². The van der Waals surface area contributed by atoms with E-state index in [0.717, 1.165) is 12.8 Å². The van der Waals surface area contributed by atoms with Crippen LogP contribution in [0.5, 0.6) is 0 Å². The third-order valence-corrected chi connectivity index (χ3v) is 6.18. The number of ketones is 1. The van der Waals surface area contributed by atoms with Crippen molar-refractivity contribution >= 4 is 23.6 Å². The van der Waals surface area contributed by atoms with Crippen molar-refractivity contribution in [3.63, 3.8) is 0 Å². The predicted octanol–water partition coefficient (Wildman–Crippen LogP) is 1.77. The number of Topliss-reactive ketones (excluding diaryl/α,β-unsaturated/α-hetero) is 1. The second-order valence-corrected chi connectivity index (χ2v) is 8.19. The van der Waals surface area contributed by atoms with Gasteiger partial charge in [0.2, 0.25) is 5.91 Å². The first-order chi connectivity index (χ1) is 13.8. The van der Waals surface area contributed by atoms with E-state index in [1.54, 1.807) is 42.2 Å². The third kappa shape index (κ3) is 3.05. The number of nitrogens with zero attached hydrogens (tertiary/aromatic N) is 1. The molecule has 3 atom stereocenters. The molecule has 1 aliphatic carbocycles. The fraction of sp³-hybridized carbons (Fsp3) is 0.455. The summed E-state index contributed by atoms with van der Waals surface area (Å²) in [6, 6.07) is 7.93. The van der Waals surface area contributed by atoms with Gasteiger partial charge in [0.15, 0.2) is 11.3 Å². The van der Waals surface area contributed by atoms with Crippen LogP contribution in [0.15, 0.2) is 42.0 Å². The fourth-order valence-electron chi connectivity index (χ4n) is 4.70. The van der Waals surface area contributed by atoms with Gasteiger partial charge in [-0.25, -0.2) is 4.79 Å². The normalized spacial score (nSPS) is 31.2. The Hall–Kier alpha value is -2.96. The first-order valence-corrected chi connectivity index (χ1v) is 9.91. The van der Waals surface area contributed by atoms with Crippen molar-refractivity contribution in [1.29, 1.82) is 0 Å². The van der Waals surface area contributed by atoms with Crippen molar-refractivity contribution in [3.05, 3.63) is 47.5 Å². The first-order valence-electron chi connectivity index (χ1n) is 9.91. The van der Waals surface area contributed by atoms with Gasteiger partial charge in [0.05, 0.1) is 6.04 Å². The maximum Gasteiger partial charge on any atom is 0.339 e. The second-order valence-electron chi connectivity index (χ2n) is 8.19. The molecule has 3 heterocycles. The first kappa shape index (κ1) is 19.4. The van der Waals surface area contributed by atoms with Crippen LogP contribution < -0.4 is 5.32 Å². The highest BCUT2D eigenvalue weighted by Gasteiger charge is 2.64. The number of hydrogen-bond acceptors (Lipinski definition) is 5. The minimum Gasteiger partial charge on any atom is -0.452 e. The van der Waals surface area contributed by atoms with Crippen LogP contribution in [0.25, 0.3) is 0 Å². The van der Waals surface area contributed by atoms with E-state index >= 15 is 0 Å². The summed E-state index contributed by atoms with van der Waals surface area (Å²) in [4.78, 5) is 52.8. The Morgan fingerprint density at radius 2 is 1.90 bits per heavy atom. The molecule has 1 aromatic rings. The minimum atomic E-state index is -1.58. The Labute approximate surface area is 169 Å². The summed E-state index contributed by atoms with van der Waals surface area (Å²) in [5, 5.41) is 2.82. The van der Waals surface area contributed by atoms with Gasteiger partial charge in [-0.05, 0) is 44.9 Å². The average molecular weight is 396 g/mol. The average Bonchev–Trinajstić information content (AvgIpc) is 2.69. The second kappa shape index (κ2) is 6.83. The van der Waals surface area contributed by atoms with Crippen LogP contribution in [0.2, 0.25) is 0 Å². The van der Waals surface area contributed by atoms with E-state index in [2.05, 4.69) is 5.32 Å². The maximum atomic E-state index is 13.1. The molecule has 7 nitrogen and oxygen atoms in total. The van der Waals surface area contributed by atoms with Gasteiger partial charge in [-0.15, -0.1) is 0 Å². The highest BCUT2D eigenvalue weighted by molar-refractivity contribution is 6.05. The smallest absolute Gasteiger partial charge is 0.339 e. The number of likely N-dealkylation sites (tertiary alicyclic amines) is 1. The molecule has 0 radical (unpaired) electrons. The Balaban J connectivity index is 1.81. The lowest BCUT2D eigenvalue weighted by Gasteiger charge is -2.56.